The van der Waals surface area contributed by atoms with Crippen LogP contribution in [0.15, 0.2) is 36.5 Å². The number of benzene rings is 1. The van der Waals surface area contributed by atoms with E-state index < -0.39 is 0 Å². The van der Waals surface area contributed by atoms with Crippen LogP contribution in [0.25, 0.3) is 22.2 Å². The third-order valence-corrected chi connectivity index (χ3v) is 3.27. The lowest BCUT2D eigenvalue weighted by molar-refractivity contribution is 0.968. The van der Waals surface area contributed by atoms with Crippen LogP contribution in [0.3, 0.4) is 0 Å². The van der Waals surface area contributed by atoms with E-state index in [0.717, 1.165) is 22.9 Å². The Balaban J connectivity index is 2.27. The maximum absolute atomic E-state index is 4.55. The molecule has 0 aliphatic heterocycles. The summed E-state index contributed by atoms with van der Waals surface area (Å²) < 4.78 is 2.13. The second-order valence-corrected chi connectivity index (χ2v) is 4.61. The van der Waals surface area contributed by atoms with E-state index in [0.29, 0.717) is 0 Å². The highest BCUT2D eigenvalue weighted by Gasteiger charge is 2.10. The van der Waals surface area contributed by atoms with Crippen molar-refractivity contribution < 1.29 is 0 Å². The van der Waals surface area contributed by atoms with Crippen molar-refractivity contribution in [2.24, 2.45) is 7.05 Å². The number of nitrogens with zero attached hydrogens (tertiary/aromatic N) is 3. The molecule has 2 aromatic heterocycles. The molecule has 0 fully saturated rings. The van der Waals surface area contributed by atoms with Gasteiger partial charge in [0.05, 0.1) is 5.69 Å². The van der Waals surface area contributed by atoms with Crippen LogP contribution in [0.4, 0.5) is 5.82 Å². The zero-order valence-electron chi connectivity index (χ0n) is 11.3. The Hall–Kier alpha value is -2.36. The van der Waals surface area contributed by atoms with E-state index >= 15 is 0 Å². The van der Waals surface area contributed by atoms with Gasteiger partial charge in [0.25, 0.3) is 0 Å². The lowest BCUT2D eigenvalue weighted by atomic mass is 10.1. The Bertz CT molecular complexity index is 743. The zero-order chi connectivity index (χ0) is 13.4. The van der Waals surface area contributed by atoms with Gasteiger partial charge in [-0.15, -0.1) is 0 Å². The van der Waals surface area contributed by atoms with E-state index in [1.54, 1.807) is 0 Å². The average molecular weight is 252 g/mol. The highest BCUT2D eigenvalue weighted by Crippen LogP contribution is 2.29. The third-order valence-electron chi connectivity index (χ3n) is 3.27. The molecule has 0 amide bonds. The zero-order valence-corrected chi connectivity index (χ0v) is 11.3. The summed E-state index contributed by atoms with van der Waals surface area (Å²) in [5.74, 6) is 1.62. The first kappa shape index (κ1) is 11.7. The molecule has 1 aromatic carbocycles. The van der Waals surface area contributed by atoms with Gasteiger partial charge in [-0.05, 0) is 13.0 Å². The third kappa shape index (κ3) is 1.95. The van der Waals surface area contributed by atoms with Crippen LogP contribution in [0.2, 0.25) is 0 Å². The summed E-state index contributed by atoms with van der Waals surface area (Å²) in [5.41, 5.74) is 3.30. The van der Waals surface area contributed by atoms with Crippen LogP contribution < -0.4 is 5.32 Å². The van der Waals surface area contributed by atoms with Crippen molar-refractivity contribution in [1.82, 2.24) is 14.5 Å². The molecule has 0 aliphatic carbocycles. The van der Waals surface area contributed by atoms with Crippen LogP contribution in [0, 0.1) is 6.92 Å². The molecule has 96 valence electrons. The van der Waals surface area contributed by atoms with Crippen LogP contribution >= 0.6 is 0 Å². The molecular formula is C15H16N4. The van der Waals surface area contributed by atoms with Gasteiger partial charge in [0.2, 0.25) is 0 Å². The Morgan fingerprint density at radius 3 is 2.74 bits per heavy atom. The van der Waals surface area contributed by atoms with E-state index in [-0.39, 0.29) is 0 Å². The molecule has 0 radical (unpaired) electrons. The maximum Gasteiger partial charge on any atom is 0.130 e. The van der Waals surface area contributed by atoms with Crippen molar-refractivity contribution in [2.75, 3.05) is 12.4 Å². The second kappa shape index (κ2) is 4.39. The van der Waals surface area contributed by atoms with Crippen LogP contribution in [0.1, 0.15) is 5.82 Å². The summed E-state index contributed by atoms with van der Waals surface area (Å²) in [6.45, 7) is 1.91. The highest BCUT2D eigenvalue weighted by atomic mass is 15.0. The molecular weight excluding hydrogens is 236 g/mol. The fourth-order valence-electron chi connectivity index (χ4n) is 2.38. The molecule has 0 spiro atoms. The number of aromatic nitrogens is 3. The van der Waals surface area contributed by atoms with E-state index in [1.165, 1.54) is 10.9 Å². The van der Waals surface area contributed by atoms with Gasteiger partial charge in [0.1, 0.15) is 11.6 Å². The Kier molecular flexibility index (Phi) is 2.71. The number of rotatable bonds is 2. The monoisotopic (exact) mass is 252 g/mol. The molecule has 2 heterocycles. The van der Waals surface area contributed by atoms with E-state index in [4.69, 9.17) is 0 Å². The minimum atomic E-state index is 0.773. The lowest BCUT2D eigenvalue weighted by Crippen LogP contribution is -1.97. The predicted molar refractivity (Wildman–Crippen MR) is 78.2 cm³/mol. The minimum Gasteiger partial charge on any atom is -0.373 e. The smallest absolute Gasteiger partial charge is 0.130 e. The van der Waals surface area contributed by atoms with Crippen molar-refractivity contribution in [3.05, 3.63) is 42.4 Å². The van der Waals surface area contributed by atoms with Gasteiger partial charge in [-0.3, -0.25) is 0 Å². The van der Waals surface area contributed by atoms with Crippen molar-refractivity contribution in [1.29, 1.82) is 0 Å². The maximum atomic E-state index is 4.55. The number of anilines is 1. The number of hydrogen-bond donors (Lipinski definition) is 1. The molecule has 3 aromatic rings. The van der Waals surface area contributed by atoms with E-state index in [1.807, 2.05) is 20.0 Å². The Labute approximate surface area is 112 Å². The van der Waals surface area contributed by atoms with Crippen molar-refractivity contribution in [2.45, 2.75) is 6.92 Å². The van der Waals surface area contributed by atoms with E-state index in [2.05, 4.69) is 57.4 Å². The number of hydrogen-bond acceptors (Lipinski definition) is 3. The molecule has 0 saturated heterocycles. The van der Waals surface area contributed by atoms with Gasteiger partial charge < -0.3 is 9.88 Å². The standard InChI is InChI=1S/C15H16N4/c1-10-17-13(8-15(16-2)18-10)12-9-19(3)14-7-5-4-6-11(12)14/h4-9H,1-3H3,(H,16,17,18). The number of nitrogens with one attached hydrogen (secondary N) is 1. The predicted octanol–water partition coefficient (Wildman–Crippen LogP) is 2.99. The molecule has 0 unspecified atom stereocenters. The molecule has 0 aliphatic rings. The van der Waals surface area contributed by atoms with E-state index in [9.17, 15) is 0 Å². The second-order valence-electron chi connectivity index (χ2n) is 4.61. The minimum absolute atomic E-state index is 0.773. The van der Waals surface area contributed by atoms with Crippen LogP contribution in [0.5, 0.6) is 0 Å². The van der Waals surface area contributed by atoms with Gasteiger partial charge >= 0.3 is 0 Å². The lowest BCUT2D eigenvalue weighted by Gasteiger charge is -2.04. The summed E-state index contributed by atoms with van der Waals surface area (Å²) in [5, 5.41) is 4.29. The Morgan fingerprint density at radius 1 is 1.16 bits per heavy atom. The van der Waals surface area contributed by atoms with Gasteiger partial charge in [-0.25, -0.2) is 9.97 Å². The molecule has 4 heteroatoms. The molecule has 0 bridgehead atoms. The summed E-state index contributed by atoms with van der Waals surface area (Å²) in [6, 6.07) is 10.3. The quantitative estimate of drug-likeness (QED) is 0.762. The van der Waals surface area contributed by atoms with Gasteiger partial charge in [-0.1, -0.05) is 18.2 Å². The Morgan fingerprint density at radius 2 is 1.95 bits per heavy atom. The number of fused-ring (bicyclic) bond motifs is 1. The van der Waals surface area contributed by atoms with Crippen LogP contribution in [-0.2, 0) is 7.05 Å². The first-order valence-electron chi connectivity index (χ1n) is 6.27. The molecule has 1 N–H and O–H groups in total. The van der Waals surface area contributed by atoms with Crippen molar-refractivity contribution in [3.63, 3.8) is 0 Å². The molecule has 0 saturated carbocycles. The first-order chi connectivity index (χ1) is 9.19. The fraction of sp³-hybridized carbons (Fsp3) is 0.200. The largest absolute Gasteiger partial charge is 0.373 e. The van der Waals surface area contributed by atoms with Crippen molar-refractivity contribution >= 4 is 16.7 Å². The topological polar surface area (TPSA) is 42.7 Å². The summed E-state index contributed by atoms with van der Waals surface area (Å²) in [7, 11) is 3.92. The van der Waals surface area contributed by atoms with Gasteiger partial charge in [-0.2, -0.15) is 0 Å². The molecule has 19 heavy (non-hydrogen) atoms. The number of para-hydroxylation sites is 1. The summed E-state index contributed by atoms with van der Waals surface area (Å²) >= 11 is 0. The molecule has 4 nitrogen and oxygen atoms in total. The van der Waals surface area contributed by atoms with Gasteiger partial charge in [0.15, 0.2) is 0 Å². The van der Waals surface area contributed by atoms with Gasteiger partial charge in [0, 0.05) is 42.8 Å². The summed E-state index contributed by atoms with van der Waals surface area (Å²) in [6.07, 6.45) is 2.12. The van der Waals surface area contributed by atoms with Crippen molar-refractivity contribution in [3.8, 4) is 11.3 Å². The summed E-state index contributed by atoms with van der Waals surface area (Å²) in [4.78, 5) is 8.89. The average Bonchev–Trinajstić information content (AvgIpc) is 2.76. The normalized spacial score (nSPS) is 10.9. The SMILES string of the molecule is CNc1cc(-c2cn(C)c3ccccc23)nc(C)n1. The molecule has 0 atom stereocenters. The van der Waals surface area contributed by atoms with Crippen LogP contribution in [-0.4, -0.2) is 21.6 Å². The fourth-order valence-corrected chi connectivity index (χ4v) is 2.38. The highest BCUT2D eigenvalue weighted by molar-refractivity contribution is 5.95. The number of aryl methyl sites for hydroxylation is 2. The first-order valence-corrected chi connectivity index (χ1v) is 6.27. The molecule has 3 rings (SSSR count).